The molecule has 0 aromatic carbocycles. The molecule has 104 valence electrons. The Morgan fingerprint density at radius 3 is 2.89 bits per heavy atom. The van der Waals surface area contributed by atoms with E-state index in [-0.39, 0.29) is 12.1 Å². The van der Waals surface area contributed by atoms with Gasteiger partial charge in [-0.15, -0.1) is 6.42 Å². The van der Waals surface area contributed by atoms with Crippen molar-refractivity contribution >= 4 is 11.9 Å². The lowest BCUT2D eigenvalue weighted by Gasteiger charge is -2.39. The van der Waals surface area contributed by atoms with E-state index in [1.165, 1.54) is 0 Å². The first kappa shape index (κ1) is 13.9. The number of carbonyl (C=O) groups excluding carboxylic acids is 1. The third-order valence-corrected chi connectivity index (χ3v) is 4.34. The van der Waals surface area contributed by atoms with E-state index >= 15 is 0 Å². The molecule has 2 amide bonds. The number of terminal acetylenes is 1. The Morgan fingerprint density at radius 1 is 1.53 bits per heavy atom. The number of carbonyl (C=O) groups is 1. The number of aliphatic imine (C=N–C) groups is 1. The minimum atomic E-state index is -0.465. The average molecular weight is 262 g/mol. The topological polar surface area (TPSA) is 61.9 Å². The molecule has 0 bridgehead atoms. The molecule has 1 fully saturated rings. The molecule has 2 aliphatic heterocycles. The Labute approximate surface area is 114 Å². The Morgan fingerprint density at radius 2 is 2.26 bits per heavy atom. The summed E-state index contributed by atoms with van der Waals surface area (Å²) in [4.78, 5) is 20.1. The molecule has 0 radical (unpaired) electrons. The maximum Gasteiger partial charge on any atom is 0.347 e. The molecule has 0 aromatic heterocycles. The minimum absolute atomic E-state index is 0.273. The van der Waals surface area contributed by atoms with Crippen LogP contribution in [0.3, 0.4) is 0 Å². The van der Waals surface area contributed by atoms with Crippen LogP contribution >= 0.6 is 0 Å². The van der Waals surface area contributed by atoms with Gasteiger partial charge in [-0.1, -0.05) is 12.8 Å². The van der Waals surface area contributed by atoms with Gasteiger partial charge in [-0.25, -0.2) is 4.79 Å². The predicted octanol–water partition coefficient (Wildman–Crippen LogP) is 1.05. The van der Waals surface area contributed by atoms with Gasteiger partial charge in [0.15, 0.2) is 0 Å². The normalized spacial score (nSPS) is 30.1. The van der Waals surface area contributed by atoms with E-state index in [0.29, 0.717) is 5.84 Å². The summed E-state index contributed by atoms with van der Waals surface area (Å²) in [5.41, 5.74) is 5.61. The van der Waals surface area contributed by atoms with E-state index in [1.54, 1.807) is 4.90 Å². The summed E-state index contributed by atoms with van der Waals surface area (Å²) in [6, 6.07) is -0.557. The van der Waals surface area contributed by atoms with E-state index in [2.05, 4.69) is 22.7 Å². The van der Waals surface area contributed by atoms with Gasteiger partial charge in [-0.05, 0) is 39.3 Å². The monoisotopic (exact) mass is 262 g/mol. The number of nitrogens with zero attached hydrogens (tertiary/aromatic N) is 3. The van der Waals surface area contributed by atoms with Crippen molar-refractivity contribution in [1.82, 2.24) is 9.80 Å². The molecule has 2 atom stereocenters. The lowest BCUT2D eigenvalue weighted by atomic mass is 9.87. The fourth-order valence-corrected chi connectivity index (χ4v) is 3.17. The van der Waals surface area contributed by atoms with Crippen molar-refractivity contribution in [2.75, 3.05) is 19.6 Å². The van der Waals surface area contributed by atoms with E-state index in [4.69, 9.17) is 12.2 Å². The van der Waals surface area contributed by atoms with Gasteiger partial charge < -0.3 is 10.6 Å². The number of likely N-dealkylation sites (tertiary alicyclic amines) is 1. The number of rotatable bonds is 2. The minimum Gasteiger partial charge on any atom is -0.385 e. The van der Waals surface area contributed by atoms with E-state index in [9.17, 15) is 4.79 Å². The van der Waals surface area contributed by atoms with Crippen LogP contribution in [0.1, 0.15) is 33.1 Å². The molecule has 0 aromatic rings. The zero-order valence-corrected chi connectivity index (χ0v) is 11.7. The van der Waals surface area contributed by atoms with Gasteiger partial charge in [0.05, 0.1) is 6.04 Å². The van der Waals surface area contributed by atoms with E-state index in [0.717, 1.165) is 38.9 Å². The van der Waals surface area contributed by atoms with Crippen molar-refractivity contribution in [1.29, 1.82) is 0 Å². The van der Waals surface area contributed by atoms with Crippen LogP contribution < -0.4 is 5.73 Å². The molecule has 5 nitrogen and oxygen atoms in total. The zero-order valence-electron chi connectivity index (χ0n) is 11.7. The van der Waals surface area contributed by atoms with Gasteiger partial charge >= 0.3 is 6.03 Å². The van der Waals surface area contributed by atoms with Gasteiger partial charge in [0.1, 0.15) is 11.4 Å². The molecule has 1 spiro atoms. The lowest BCUT2D eigenvalue weighted by Crippen LogP contribution is -2.57. The second kappa shape index (κ2) is 5.22. The Hall–Kier alpha value is -1.54. The van der Waals surface area contributed by atoms with Gasteiger partial charge in [-0.3, -0.25) is 4.90 Å². The zero-order chi connectivity index (χ0) is 14.0. The average Bonchev–Trinajstić information content (AvgIpc) is 2.57. The van der Waals surface area contributed by atoms with Gasteiger partial charge in [-0.2, -0.15) is 4.99 Å². The van der Waals surface area contributed by atoms with Crippen molar-refractivity contribution in [3.05, 3.63) is 0 Å². The van der Waals surface area contributed by atoms with Crippen molar-refractivity contribution in [2.24, 2.45) is 10.7 Å². The van der Waals surface area contributed by atoms with Gasteiger partial charge in [0.2, 0.25) is 0 Å². The van der Waals surface area contributed by atoms with Crippen LogP contribution in [0.2, 0.25) is 0 Å². The highest BCUT2D eigenvalue weighted by molar-refractivity contribution is 6.06. The Kier molecular flexibility index (Phi) is 3.81. The quantitative estimate of drug-likeness (QED) is 0.757. The number of urea groups is 1. The smallest absolute Gasteiger partial charge is 0.347 e. The predicted molar refractivity (Wildman–Crippen MR) is 75.8 cm³/mol. The SMILES string of the molecule is C#CC(C)N1C(=O)N=C(N)C12CCCN(CC)CC2. The van der Waals surface area contributed by atoms with Crippen LogP contribution in [0.5, 0.6) is 0 Å². The molecule has 2 rings (SSSR count). The van der Waals surface area contributed by atoms with Crippen LogP contribution in [0.25, 0.3) is 0 Å². The summed E-state index contributed by atoms with van der Waals surface area (Å²) in [6.45, 7) is 6.99. The third kappa shape index (κ3) is 2.21. The molecule has 19 heavy (non-hydrogen) atoms. The number of hydrogen-bond donors (Lipinski definition) is 1. The molecule has 5 heteroatoms. The number of hydrogen-bond acceptors (Lipinski definition) is 3. The largest absolute Gasteiger partial charge is 0.385 e. The van der Waals surface area contributed by atoms with Crippen LogP contribution in [0, 0.1) is 12.3 Å². The summed E-state index contributed by atoms with van der Waals surface area (Å²) in [7, 11) is 0. The molecule has 2 unspecified atom stereocenters. The summed E-state index contributed by atoms with van der Waals surface area (Å²) in [6.07, 6.45) is 8.16. The fraction of sp³-hybridized carbons (Fsp3) is 0.714. The second-order valence-electron chi connectivity index (χ2n) is 5.31. The molecular formula is C14H22N4O. The van der Waals surface area contributed by atoms with Crippen molar-refractivity contribution < 1.29 is 4.79 Å². The maximum atomic E-state index is 12.1. The first-order valence-electron chi connectivity index (χ1n) is 6.91. The summed E-state index contributed by atoms with van der Waals surface area (Å²) >= 11 is 0. The number of nitrogens with two attached hydrogens (primary N) is 1. The van der Waals surface area contributed by atoms with Gasteiger partial charge in [0.25, 0.3) is 0 Å². The van der Waals surface area contributed by atoms with Gasteiger partial charge in [0, 0.05) is 6.54 Å². The first-order chi connectivity index (χ1) is 9.05. The summed E-state index contributed by atoms with van der Waals surface area (Å²) in [5.74, 6) is 3.08. The second-order valence-corrected chi connectivity index (χ2v) is 5.31. The van der Waals surface area contributed by atoms with Crippen molar-refractivity contribution in [3.8, 4) is 12.3 Å². The summed E-state index contributed by atoms with van der Waals surface area (Å²) in [5, 5.41) is 0. The van der Waals surface area contributed by atoms with E-state index in [1.807, 2.05) is 6.92 Å². The van der Waals surface area contributed by atoms with Crippen LogP contribution in [0.15, 0.2) is 4.99 Å². The van der Waals surface area contributed by atoms with Crippen molar-refractivity contribution in [2.45, 2.75) is 44.7 Å². The fourth-order valence-electron chi connectivity index (χ4n) is 3.17. The molecule has 1 saturated heterocycles. The maximum absolute atomic E-state index is 12.1. The first-order valence-corrected chi connectivity index (χ1v) is 6.91. The molecule has 2 heterocycles. The van der Waals surface area contributed by atoms with Crippen LogP contribution in [-0.4, -0.2) is 52.9 Å². The van der Waals surface area contributed by atoms with Crippen LogP contribution in [0.4, 0.5) is 4.79 Å². The van der Waals surface area contributed by atoms with Crippen molar-refractivity contribution in [3.63, 3.8) is 0 Å². The number of amidine groups is 1. The number of amides is 2. The standard InChI is InChI=1S/C14H22N4O/c1-4-11(3)18-13(19)16-12(15)14(18)7-6-9-17(5-2)10-8-14/h1,11H,5-10H2,2-3H3,(H2,15,16,19). The van der Waals surface area contributed by atoms with Crippen LogP contribution in [-0.2, 0) is 0 Å². The Balaban J connectivity index is 2.30. The summed E-state index contributed by atoms with van der Waals surface area (Å²) < 4.78 is 0. The molecule has 2 N–H and O–H groups in total. The molecular weight excluding hydrogens is 240 g/mol. The highest BCUT2D eigenvalue weighted by atomic mass is 16.2. The Bertz CT molecular complexity index is 439. The highest BCUT2D eigenvalue weighted by Crippen LogP contribution is 2.35. The molecule has 0 saturated carbocycles. The lowest BCUT2D eigenvalue weighted by molar-refractivity contribution is 0.147. The molecule has 0 aliphatic carbocycles. The molecule has 2 aliphatic rings. The third-order valence-electron chi connectivity index (χ3n) is 4.34. The highest BCUT2D eigenvalue weighted by Gasteiger charge is 2.50. The van der Waals surface area contributed by atoms with E-state index < -0.39 is 5.54 Å².